The van der Waals surface area contributed by atoms with Crippen molar-refractivity contribution in [3.05, 3.63) is 17.2 Å². The zero-order valence-electron chi connectivity index (χ0n) is 10.3. The van der Waals surface area contributed by atoms with Gasteiger partial charge in [-0.2, -0.15) is 0 Å². The second-order valence-corrected chi connectivity index (χ2v) is 4.75. The zero-order valence-corrected chi connectivity index (χ0v) is 11.0. The third-order valence-electron chi connectivity index (χ3n) is 3.04. The molecular weight excluding hydrogens is 238 g/mol. The fourth-order valence-corrected chi connectivity index (χ4v) is 2.06. The first-order valence-electron chi connectivity index (χ1n) is 5.90. The summed E-state index contributed by atoms with van der Waals surface area (Å²) in [6.07, 6.45) is 3.97. The van der Waals surface area contributed by atoms with E-state index in [4.69, 9.17) is 21.1 Å². The van der Waals surface area contributed by atoms with Crippen molar-refractivity contribution in [2.24, 2.45) is 5.92 Å². The van der Waals surface area contributed by atoms with E-state index in [0.29, 0.717) is 10.8 Å². The molecule has 0 bridgehead atoms. The van der Waals surface area contributed by atoms with Crippen LogP contribution in [0.3, 0.4) is 0 Å². The van der Waals surface area contributed by atoms with Crippen LogP contribution in [-0.4, -0.2) is 20.8 Å². The van der Waals surface area contributed by atoms with Gasteiger partial charge in [0.05, 0.1) is 24.9 Å². The number of ether oxygens (including phenoxy) is 2. The number of halogens is 1. The first kappa shape index (κ1) is 12.4. The van der Waals surface area contributed by atoms with Crippen molar-refractivity contribution in [1.82, 2.24) is 0 Å². The van der Waals surface area contributed by atoms with Crippen LogP contribution >= 0.6 is 11.6 Å². The van der Waals surface area contributed by atoms with Gasteiger partial charge < -0.3 is 14.8 Å². The van der Waals surface area contributed by atoms with E-state index in [0.717, 1.165) is 23.9 Å². The Balaban J connectivity index is 2.04. The molecule has 1 fully saturated rings. The third kappa shape index (κ3) is 3.19. The van der Waals surface area contributed by atoms with Crippen LogP contribution < -0.4 is 14.8 Å². The van der Waals surface area contributed by atoms with Crippen LogP contribution in [0.4, 0.5) is 5.69 Å². The molecule has 0 spiro atoms. The van der Waals surface area contributed by atoms with Gasteiger partial charge in [-0.05, 0) is 18.4 Å². The molecule has 2 rings (SSSR count). The summed E-state index contributed by atoms with van der Waals surface area (Å²) in [5, 5.41) is 3.96. The van der Waals surface area contributed by atoms with E-state index < -0.39 is 0 Å². The number of hydrogen-bond donors (Lipinski definition) is 1. The van der Waals surface area contributed by atoms with Gasteiger partial charge in [0.1, 0.15) is 11.5 Å². The lowest BCUT2D eigenvalue weighted by Gasteiger charge is -2.13. The van der Waals surface area contributed by atoms with Gasteiger partial charge in [0.15, 0.2) is 0 Å². The molecule has 17 heavy (non-hydrogen) atoms. The molecule has 0 heterocycles. The summed E-state index contributed by atoms with van der Waals surface area (Å²) in [6, 6.07) is 3.66. The van der Waals surface area contributed by atoms with Crippen LogP contribution in [0.2, 0.25) is 5.02 Å². The number of methoxy groups -OCH3 is 2. The largest absolute Gasteiger partial charge is 0.495 e. The molecule has 0 aromatic heterocycles. The fourth-order valence-electron chi connectivity index (χ4n) is 1.82. The lowest BCUT2D eigenvalue weighted by atomic mass is 10.2. The second kappa shape index (κ2) is 5.50. The highest BCUT2D eigenvalue weighted by Crippen LogP contribution is 2.36. The van der Waals surface area contributed by atoms with Gasteiger partial charge in [0, 0.05) is 12.6 Å². The van der Waals surface area contributed by atoms with Crippen molar-refractivity contribution in [3.8, 4) is 11.5 Å². The van der Waals surface area contributed by atoms with E-state index in [1.165, 1.54) is 19.3 Å². The number of nitrogens with one attached hydrogen (secondary N) is 1. The van der Waals surface area contributed by atoms with Gasteiger partial charge in [-0.15, -0.1) is 0 Å². The van der Waals surface area contributed by atoms with Crippen LogP contribution in [0, 0.1) is 5.92 Å². The van der Waals surface area contributed by atoms with Gasteiger partial charge >= 0.3 is 0 Å². The Morgan fingerprint density at radius 3 is 2.53 bits per heavy atom. The van der Waals surface area contributed by atoms with Crippen LogP contribution in [0.15, 0.2) is 12.1 Å². The smallest absolute Gasteiger partial charge is 0.145 e. The molecule has 0 saturated heterocycles. The normalized spacial score (nSPS) is 14.5. The summed E-state index contributed by atoms with van der Waals surface area (Å²) >= 11 is 6.09. The summed E-state index contributed by atoms with van der Waals surface area (Å²) in [5.74, 6) is 2.32. The van der Waals surface area contributed by atoms with E-state index in [1.807, 2.05) is 12.1 Å². The van der Waals surface area contributed by atoms with Crippen molar-refractivity contribution in [2.45, 2.75) is 19.3 Å². The molecular formula is C13H18ClNO2. The minimum absolute atomic E-state index is 0.599. The highest BCUT2D eigenvalue weighted by atomic mass is 35.5. The van der Waals surface area contributed by atoms with E-state index >= 15 is 0 Å². The van der Waals surface area contributed by atoms with Crippen molar-refractivity contribution in [3.63, 3.8) is 0 Å². The molecule has 1 aliphatic carbocycles. The lowest BCUT2D eigenvalue weighted by Crippen LogP contribution is -2.04. The van der Waals surface area contributed by atoms with Crippen LogP contribution in [0.1, 0.15) is 19.3 Å². The van der Waals surface area contributed by atoms with Crippen LogP contribution in [0.25, 0.3) is 0 Å². The van der Waals surface area contributed by atoms with Crippen molar-refractivity contribution in [2.75, 3.05) is 26.1 Å². The summed E-state index contributed by atoms with van der Waals surface area (Å²) < 4.78 is 10.5. The number of rotatable bonds is 6. The molecule has 1 aromatic rings. The first-order chi connectivity index (χ1) is 8.24. The van der Waals surface area contributed by atoms with Crippen LogP contribution in [0.5, 0.6) is 11.5 Å². The minimum atomic E-state index is 0.599. The van der Waals surface area contributed by atoms with E-state index in [9.17, 15) is 0 Å². The van der Waals surface area contributed by atoms with Gasteiger partial charge in [-0.1, -0.05) is 24.4 Å². The maximum atomic E-state index is 6.09. The van der Waals surface area contributed by atoms with Crippen molar-refractivity contribution in [1.29, 1.82) is 0 Å². The highest BCUT2D eigenvalue weighted by Gasteiger charge is 2.20. The summed E-state index contributed by atoms with van der Waals surface area (Å²) in [4.78, 5) is 0. The van der Waals surface area contributed by atoms with Gasteiger partial charge in [0.2, 0.25) is 0 Å². The Kier molecular flexibility index (Phi) is 4.00. The van der Waals surface area contributed by atoms with E-state index in [1.54, 1.807) is 14.2 Å². The Bertz CT molecular complexity index is 391. The predicted octanol–water partition coefficient (Wildman–Crippen LogP) is 3.57. The average Bonchev–Trinajstić information content (AvgIpc) is 3.13. The standard InChI is InChI=1S/C13H18ClNO2/c1-16-12-8-13(17-2)11(7-10(12)14)15-6-5-9-3-4-9/h7-9,15H,3-6H2,1-2H3. The molecule has 0 atom stereocenters. The Morgan fingerprint density at radius 1 is 1.24 bits per heavy atom. The van der Waals surface area contributed by atoms with E-state index in [2.05, 4.69) is 5.32 Å². The molecule has 0 radical (unpaired) electrons. The van der Waals surface area contributed by atoms with Crippen molar-refractivity contribution >= 4 is 17.3 Å². The fraction of sp³-hybridized carbons (Fsp3) is 0.538. The highest BCUT2D eigenvalue weighted by molar-refractivity contribution is 6.32. The second-order valence-electron chi connectivity index (χ2n) is 4.35. The van der Waals surface area contributed by atoms with Crippen molar-refractivity contribution < 1.29 is 9.47 Å². The summed E-state index contributed by atoms with van der Waals surface area (Å²) in [6.45, 7) is 0.962. The molecule has 0 amide bonds. The molecule has 94 valence electrons. The summed E-state index contributed by atoms with van der Waals surface area (Å²) in [5.41, 5.74) is 0.930. The SMILES string of the molecule is COc1cc(OC)c(NCCC2CC2)cc1Cl. The lowest BCUT2D eigenvalue weighted by molar-refractivity contribution is 0.395. The Labute approximate surface area is 107 Å². The van der Waals surface area contributed by atoms with Gasteiger partial charge in [-0.3, -0.25) is 0 Å². The Morgan fingerprint density at radius 2 is 1.94 bits per heavy atom. The molecule has 0 unspecified atom stereocenters. The number of hydrogen-bond acceptors (Lipinski definition) is 3. The molecule has 4 heteroatoms. The topological polar surface area (TPSA) is 30.5 Å². The summed E-state index contributed by atoms with van der Waals surface area (Å²) in [7, 11) is 3.25. The monoisotopic (exact) mass is 255 g/mol. The zero-order chi connectivity index (χ0) is 12.3. The molecule has 0 aliphatic heterocycles. The molecule has 1 N–H and O–H groups in total. The quantitative estimate of drug-likeness (QED) is 0.843. The number of anilines is 1. The average molecular weight is 256 g/mol. The number of benzene rings is 1. The van der Waals surface area contributed by atoms with E-state index in [-0.39, 0.29) is 0 Å². The predicted molar refractivity (Wildman–Crippen MR) is 70.4 cm³/mol. The first-order valence-corrected chi connectivity index (χ1v) is 6.27. The van der Waals surface area contributed by atoms with Gasteiger partial charge in [-0.25, -0.2) is 0 Å². The molecule has 1 aromatic carbocycles. The third-order valence-corrected chi connectivity index (χ3v) is 3.33. The molecule has 3 nitrogen and oxygen atoms in total. The maximum absolute atomic E-state index is 6.09. The molecule has 1 aliphatic rings. The molecule has 1 saturated carbocycles. The maximum Gasteiger partial charge on any atom is 0.145 e. The Hall–Kier alpha value is -1.09. The van der Waals surface area contributed by atoms with Crippen LogP contribution in [-0.2, 0) is 0 Å². The minimum Gasteiger partial charge on any atom is -0.495 e. The van der Waals surface area contributed by atoms with Gasteiger partial charge in [0.25, 0.3) is 0 Å².